The summed E-state index contributed by atoms with van der Waals surface area (Å²) in [7, 11) is 1.55. The van der Waals surface area contributed by atoms with Crippen LogP contribution in [0.5, 0.6) is 11.5 Å². The first kappa shape index (κ1) is 22.7. The zero-order valence-electron chi connectivity index (χ0n) is 19.4. The Hall–Kier alpha value is -3.02. The number of likely N-dealkylation sites (N-methyl/N-ethyl adjacent to an activating group) is 1. The summed E-state index contributed by atoms with van der Waals surface area (Å²) in [5.41, 5.74) is 1.82. The Balaban J connectivity index is 2.15. The fourth-order valence-corrected chi connectivity index (χ4v) is 3.78. The monoisotopic (exact) mass is 424 g/mol. The molecule has 0 aromatic heterocycles. The first-order chi connectivity index (χ1) is 14.3. The van der Waals surface area contributed by atoms with E-state index in [0.717, 1.165) is 0 Å². The first-order valence-corrected chi connectivity index (χ1v) is 10.5. The van der Waals surface area contributed by atoms with E-state index in [1.54, 1.807) is 30.1 Å². The van der Waals surface area contributed by atoms with Gasteiger partial charge in [-0.3, -0.25) is 9.59 Å². The van der Waals surface area contributed by atoms with Gasteiger partial charge in [-0.2, -0.15) is 0 Å². The molecule has 2 aromatic rings. The molecule has 6 heteroatoms. The lowest BCUT2D eigenvalue weighted by Gasteiger charge is -2.35. The van der Waals surface area contributed by atoms with Gasteiger partial charge in [0.1, 0.15) is 11.5 Å². The predicted octanol–water partition coefficient (Wildman–Crippen LogP) is 4.14. The van der Waals surface area contributed by atoms with E-state index in [4.69, 9.17) is 4.74 Å². The molecule has 0 bridgehead atoms. The molecule has 0 aliphatic carbocycles. The van der Waals surface area contributed by atoms with E-state index in [1.807, 2.05) is 59.7 Å². The van der Waals surface area contributed by atoms with Crippen LogP contribution in [0, 0.1) is 0 Å². The highest BCUT2D eigenvalue weighted by atomic mass is 16.5. The maximum atomic E-state index is 13.7. The Labute approximate surface area is 184 Å². The molecule has 1 heterocycles. The van der Waals surface area contributed by atoms with E-state index < -0.39 is 6.10 Å². The molecule has 1 atom stereocenters. The Kier molecular flexibility index (Phi) is 5.78. The fourth-order valence-electron chi connectivity index (χ4n) is 3.78. The number of aromatic hydroxyl groups is 1. The van der Waals surface area contributed by atoms with Crippen molar-refractivity contribution >= 4 is 17.5 Å². The molecule has 3 rings (SSSR count). The highest BCUT2D eigenvalue weighted by Crippen LogP contribution is 2.41. The molecule has 2 N–H and O–H groups in total. The van der Waals surface area contributed by atoms with Crippen molar-refractivity contribution in [1.29, 1.82) is 0 Å². The van der Waals surface area contributed by atoms with Crippen LogP contribution in [0.1, 0.15) is 63.0 Å². The van der Waals surface area contributed by atoms with Crippen molar-refractivity contribution in [2.75, 3.05) is 18.5 Å². The number of phenolic OH excluding ortho intramolecular Hbond substituents is 1. The first-order valence-electron chi connectivity index (χ1n) is 10.5. The summed E-state index contributed by atoms with van der Waals surface area (Å²) >= 11 is 0. The molecule has 2 aromatic carbocycles. The average Bonchev–Trinajstić information content (AvgIpc) is 2.70. The largest absolute Gasteiger partial charge is 0.507 e. The van der Waals surface area contributed by atoms with Crippen LogP contribution in [0.3, 0.4) is 0 Å². The van der Waals surface area contributed by atoms with Gasteiger partial charge in [-0.05, 0) is 35.1 Å². The predicted molar refractivity (Wildman–Crippen MR) is 122 cm³/mol. The molecule has 0 fully saturated rings. The van der Waals surface area contributed by atoms with E-state index in [0.29, 0.717) is 28.1 Å². The minimum Gasteiger partial charge on any atom is -0.507 e. The summed E-state index contributed by atoms with van der Waals surface area (Å²) in [6.45, 7) is 12.2. The number of para-hydroxylation sites is 2. The van der Waals surface area contributed by atoms with Crippen LogP contribution in [-0.4, -0.2) is 36.6 Å². The number of phenols is 1. The fraction of sp³-hybridized carbons (Fsp3) is 0.440. The average molecular weight is 425 g/mol. The summed E-state index contributed by atoms with van der Waals surface area (Å²) < 4.78 is 5.83. The standard InChI is InChI=1S/C25H32N2O4/c1-24(2,3)16-12-15(13-17(21(16)28)25(4,5)6)23(30)27-14-20(22(29)26-7)31-19-11-9-8-10-18(19)27/h8-13,20,28H,14H2,1-7H3,(H,26,29)/t20-/m0/s1. The third-order valence-corrected chi connectivity index (χ3v) is 5.53. The van der Waals surface area contributed by atoms with Gasteiger partial charge in [0.05, 0.1) is 12.2 Å². The second-order valence-corrected chi connectivity index (χ2v) is 10.0. The SMILES string of the molecule is CNC(=O)[C@@H]1CN(C(=O)c2cc(C(C)(C)C)c(O)c(C(C)(C)C)c2)c2ccccc2O1. The highest BCUT2D eigenvalue weighted by molar-refractivity contribution is 6.08. The molecule has 0 unspecified atom stereocenters. The number of ether oxygens (including phenoxy) is 1. The Bertz CT molecular complexity index is 980. The number of rotatable bonds is 2. The molecule has 31 heavy (non-hydrogen) atoms. The Morgan fingerprint density at radius 3 is 2.10 bits per heavy atom. The van der Waals surface area contributed by atoms with Crippen LogP contribution in [0.25, 0.3) is 0 Å². The number of carbonyl (C=O) groups excluding carboxylic acids is 2. The van der Waals surface area contributed by atoms with Gasteiger partial charge in [0, 0.05) is 23.7 Å². The molecule has 0 saturated heterocycles. The third kappa shape index (κ3) is 4.38. The molecule has 0 saturated carbocycles. The number of amides is 2. The number of hydrogen-bond donors (Lipinski definition) is 2. The van der Waals surface area contributed by atoms with E-state index >= 15 is 0 Å². The summed E-state index contributed by atoms with van der Waals surface area (Å²) in [4.78, 5) is 27.6. The number of anilines is 1. The molecule has 6 nitrogen and oxygen atoms in total. The molecule has 166 valence electrons. The molecule has 1 aliphatic heterocycles. The minimum atomic E-state index is -0.801. The van der Waals surface area contributed by atoms with Crippen molar-refractivity contribution in [3.63, 3.8) is 0 Å². The number of hydrogen-bond acceptors (Lipinski definition) is 4. The van der Waals surface area contributed by atoms with Crippen molar-refractivity contribution in [2.45, 2.75) is 58.5 Å². The summed E-state index contributed by atoms with van der Waals surface area (Å²) in [5.74, 6) is 0.188. The lowest BCUT2D eigenvalue weighted by molar-refractivity contribution is -0.127. The molecule has 1 aliphatic rings. The molecule has 0 radical (unpaired) electrons. The maximum absolute atomic E-state index is 13.7. The summed E-state index contributed by atoms with van der Waals surface area (Å²) in [5, 5.41) is 13.6. The van der Waals surface area contributed by atoms with Crippen molar-refractivity contribution < 1.29 is 19.4 Å². The van der Waals surface area contributed by atoms with Gasteiger partial charge in [0.2, 0.25) is 0 Å². The van der Waals surface area contributed by atoms with E-state index in [9.17, 15) is 14.7 Å². The Morgan fingerprint density at radius 1 is 1.03 bits per heavy atom. The van der Waals surface area contributed by atoms with E-state index in [1.165, 1.54) is 0 Å². The van der Waals surface area contributed by atoms with Gasteiger partial charge >= 0.3 is 0 Å². The van der Waals surface area contributed by atoms with Gasteiger partial charge in [0.25, 0.3) is 11.8 Å². The molecule has 0 spiro atoms. The number of nitrogens with zero attached hydrogens (tertiary/aromatic N) is 1. The second kappa shape index (κ2) is 7.91. The van der Waals surface area contributed by atoms with Crippen LogP contribution in [0.2, 0.25) is 0 Å². The smallest absolute Gasteiger partial charge is 0.262 e. The van der Waals surface area contributed by atoms with Gasteiger partial charge in [0.15, 0.2) is 6.10 Å². The van der Waals surface area contributed by atoms with Gasteiger partial charge in [-0.15, -0.1) is 0 Å². The molecular formula is C25H32N2O4. The van der Waals surface area contributed by atoms with Crippen molar-refractivity contribution in [1.82, 2.24) is 5.32 Å². The van der Waals surface area contributed by atoms with Gasteiger partial charge in [-0.1, -0.05) is 53.7 Å². The van der Waals surface area contributed by atoms with E-state index in [2.05, 4.69) is 5.32 Å². The van der Waals surface area contributed by atoms with E-state index in [-0.39, 0.29) is 34.9 Å². The van der Waals surface area contributed by atoms with Crippen LogP contribution >= 0.6 is 0 Å². The zero-order chi connectivity index (χ0) is 23.1. The number of nitrogens with one attached hydrogen (secondary N) is 1. The maximum Gasteiger partial charge on any atom is 0.262 e. The van der Waals surface area contributed by atoms with Crippen molar-refractivity contribution in [2.24, 2.45) is 0 Å². The zero-order valence-corrected chi connectivity index (χ0v) is 19.4. The van der Waals surface area contributed by atoms with Crippen LogP contribution in [-0.2, 0) is 15.6 Å². The third-order valence-electron chi connectivity index (χ3n) is 5.53. The Morgan fingerprint density at radius 2 is 1.58 bits per heavy atom. The van der Waals surface area contributed by atoms with Gasteiger partial charge in [-0.25, -0.2) is 0 Å². The molecular weight excluding hydrogens is 392 g/mol. The van der Waals surface area contributed by atoms with Crippen molar-refractivity contribution in [3.8, 4) is 11.5 Å². The van der Waals surface area contributed by atoms with Crippen molar-refractivity contribution in [3.05, 3.63) is 53.1 Å². The molecule has 2 amide bonds. The summed E-state index contributed by atoms with van der Waals surface area (Å²) in [6, 6.07) is 10.7. The summed E-state index contributed by atoms with van der Waals surface area (Å²) in [6.07, 6.45) is -0.801. The number of fused-ring (bicyclic) bond motifs is 1. The normalized spacial score (nSPS) is 16.4. The van der Waals surface area contributed by atoms with Crippen LogP contribution < -0.4 is 15.0 Å². The number of carbonyl (C=O) groups is 2. The topological polar surface area (TPSA) is 78.9 Å². The minimum absolute atomic E-state index is 0.103. The lowest BCUT2D eigenvalue weighted by Crippen LogP contribution is -2.50. The number of benzene rings is 2. The quantitative estimate of drug-likeness (QED) is 0.759. The highest BCUT2D eigenvalue weighted by Gasteiger charge is 2.35. The van der Waals surface area contributed by atoms with Gasteiger partial charge < -0.3 is 20.1 Å². The lowest BCUT2D eigenvalue weighted by atomic mass is 9.78. The van der Waals surface area contributed by atoms with Crippen LogP contribution in [0.15, 0.2) is 36.4 Å². The second-order valence-electron chi connectivity index (χ2n) is 10.0. The van der Waals surface area contributed by atoms with Crippen LogP contribution in [0.4, 0.5) is 5.69 Å².